The van der Waals surface area contributed by atoms with Crippen LogP contribution >= 0.6 is 0 Å². The third-order valence-corrected chi connectivity index (χ3v) is 5.53. The maximum atomic E-state index is 13.8. The van der Waals surface area contributed by atoms with Gasteiger partial charge < -0.3 is 14.8 Å². The molecule has 1 N–H and O–H groups in total. The number of aromatic nitrogens is 2. The van der Waals surface area contributed by atoms with Gasteiger partial charge in [0.05, 0.1) is 26.5 Å². The van der Waals surface area contributed by atoms with Crippen LogP contribution in [-0.2, 0) is 11.3 Å². The molecule has 1 unspecified atom stereocenters. The molecule has 3 aromatic rings. The molecule has 0 bridgehead atoms. The quantitative estimate of drug-likeness (QED) is 0.687. The van der Waals surface area contributed by atoms with Crippen LogP contribution in [0, 0.1) is 19.7 Å². The summed E-state index contributed by atoms with van der Waals surface area (Å²) in [4.78, 5) is 12.5. The molecule has 1 aliphatic heterocycles. The summed E-state index contributed by atoms with van der Waals surface area (Å²) in [5.74, 6) is 1.48. The molecule has 156 valence electrons. The Bertz CT molecular complexity index is 1120. The number of ether oxygens (including phenoxy) is 2. The number of benzene rings is 2. The van der Waals surface area contributed by atoms with E-state index >= 15 is 0 Å². The smallest absolute Gasteiger partial charge is 0.226 e. The van der Waals surface area contributed by atoms with Crippen molar-refractivity contribution in [3.8, 4) is 11.5 Å². The highest BCUT2D eigenvalue weighted by Crippen LogP contribution is 2.40. The lowest BCUT2D eigenvalue weighted by atomic mass is 9.85. The lowest BCUT2D eigenvalue weighted by molar-refractivity contribution is -0.116. The van der Waals surface area contributed by atoms with E-state index in [1.54, 1.807) is 31.9 Å². The Labute approximate surface area is 174 Å². The van der Waals surface area contributed by atoms with Crippen molar-refractivity contribution >= 4 is 11.7 Å². The van der Waals surface area contributed by atoms with E-state index in [9.17, 15) is 9.18 Å². The average Bonchev–Trinajstić information content (AvgIpc) is 3.04. The van der Waals surface area contributed by atoms with Gasteiger partial charge in [0.15, 0.2) is 11.5 Å². The number of fused-ring (bicyclic) bond motifs is 1. The fraction of sp³-hybridized carbons (Fsp3) is 0.304. The molecule has 0 aliphatic carbocycles. The number of halogens is 1. The summed E-state index contributed by atoms with van der Waals surface area (Å²) in [6.07, 6.45) is 0.307. The molecular weight excluding hydrogens is 385 g/mol. The average molecular weight is 409 g/mol. The fourth-order valence-corrected chi connectivity index (χ4v) is 4.05. The fourth-order valence-electron chi connectivity index (χ4n) is 4.05. The van der Waals surface area contributed by atoms with Crippen LogP contribution < -0.4 is 14.8 Å². The molecule has 2 aromatic carbocycles. The number of aryl methyl sites for hydroxylation is 2. The topological polar surface area (TPSA) is 65.4 Å². The predicted molar refractivity (Wildman–Crippen MR) is 112 cm³/mol. The number of hydrogen-bond donors (Lipinski definition) is 1. The summed E-state index contributed by atoms with van der Waals surface area (Å²) >= 11 is 0. The number of carbonyl (C=O) groups is 1. The van der Waals surface area contributed by atoms with E-state index in [-0.39, 0.29) is 17.6 Å². The summed E-state index contributed by atoms with van der Waals surface area (Å²) in [5.41, 5.74) is 4.26. The molecule has 1 atom stereocenters. The molecule has 6 nitrogen and oxygen atoms in total. The van der Waals surface area contributed by atoms with E-state index in [2.05, 4.69) is 5.32 Å². The van der Waals surface area contributed by atoms with Crippen LogP contribution in [0.3, 0.4) is 0 Å². The number of amides is 1. The lowest BCUT2D eigenvalue weighted by Gasteiger charge is -2.25. The first-order valence-electron chi connectivity index (χ1n) is 9.75. The number of hydrogen-bond acceptors (Lipinski definition) is 4. The monoisotopic (exact) mass is 409 g/mol. The largest absolute Gasteiger partial charge is 0.493 e. The Morgan fingerprint density at radius 1 is 1.13 bits per heavy atom. The van der Waals surface area contributed by atoms with Gasteiger partial charge in [-0.3, -0.25) is 4.79 Å². The van der Waals surface area contributed by atoms with Crippen molar-refractivity contribution in [2.75, 3.05) is 19.5 Å². The van der Waals surface area contributed by atoms with Crippen LogP contribution in [-0.4, -0.2) is 29.9 Å². The molecule has 0 saturated carbocycles. The van der Waals surface area contributed by atoms with Crippen molar-refractivity contribution in [3.63, 3.8) is 0 Å². The summed E-state index contributed by atoms with van der Waals surface area (Å²) in [5, 5.41) is 7.67. The molecule has 1 aliphatic rings. The van der Waals surface area contributed by atoms with Gasteiger partial charge in [-0.1, -0.05) is 18.2 Å². The number of nitrogens with one attached hydrogen (secondary N) is 1. The maximum absolute atomic E-state index is 13.8. The molecule has 0 fully saturated rings. The zero-order chi connectivity index (χ0) is 21.4. The van der Waals surface area contributed by atoms with E-state index < -0.39 is 0 Å². The first-order chi connectivity index (χ1) is 14.4. The molecule has 2 heterocycles. The molecule has 7 heteroatoms. The zero-order valence-electron chi connectivity index (χ0n) is 17.5. The molecule has 1 aromatic heterocycles. The maximum Gasteiger partial charge on any atom is 0.226 e. The summed E-state index contributed by atoms with van der Waals surface area (Å²) in [7, 11) is 3.19. The minimum absolute atomic E-state index is 0.0806. The Kier molecular flexibility index (Phi) is 5.20. The van der Waals surface area contributed by atoms with Gasteiger partial charge in [0.1, 0.15) is 11.6 Å². The standard InChI is InChI=1S/C23H24FN3O3/c1-13-9-16(6-7-18(13)24)17-11-21(28)25-23-22(17)14(2)26-27(23)12-15-5-8-19(29-3)20(10-15)30-4/h5-10,17H,11-12H2,1-4H3,(H,25,28). The van der Waals surface area contributed by atoms with Gasteiger partial charge in [0, 0.05) is 17.9 Å². The van der Waals surface area contributed by atoms with Gasteiger partial charge in [0.25, 0.3) is 0 Å². The van der Waals surface area contributed by atoms with Crippen molar-refractivity contribution in [1.82, 2.24) is 9.78 Å². The van der Waals surface area contributed by atoms with E-state index in [0.717, 1.165) is 22.4 Å². The predicted octanol–water partition coefficient (Wildman–Crippen LogP) is 4.18. The van der Waals surface area contributed by atoms with E-state index in [0.29, 0.717) is 35.8 Å². The van der Waals surface area contributed by atoms with E-state index in [4.69, 9.17) is 14.6 Å². The molecule has 4 rings (SSSR count). The first-order valence-corrected chi connectivity index (χ1v) is 9.75. The molecule has 0 saturated heterocycles. The third-order valence-electron chi connectivity index (χ3n) is 5.53. The summed E-state index contributed by atoms with van der Waals surface area (Å²) in [6.45, 7) is 4.13. The normalized spacial score (nSPS) is 15.5. The zero-order valence-corrected chi connectivity index (χ0v) is 17.5. The third kappa shape index (κ3) is 3.51. The second kappa shape index (κ2) is 7.82. The Morgan fingerprint density at radius 3 is 2.60 bits per heavy atom. The van der Waals surface area contributed by atoms with Crippen LogP contribution in [0.1, 0.15) is 40.3 Å². The highest BCUT2D eigenvalue weighted by Gasteiger charge is 2.32. The first kappa shape index (κ1) is 19.9. The number of rotatable bonds is 5. The van der Waals surface area contributed by atoms with Crippen molar-refractivity contribution in [2.24, 2.45) is 0 Å². The van der Waals surface area contributed by atoms with Gasteiger partial charge in [-0.15, -0.1) is 0 Å². The SMILES string of the molecule is COc1ccc(Cn2nc(C)c3c2NC(=O)CC3c2ccc(F)c(C)c2)cc1OC. The molecular formula is C23H24FN3O3. The van der Waals surface area contributed by atoms with Gasteiger partial charge in [-0.05, 0) is 48.7 Å². The van der Waals surface area contributed by atoms with Gasteiger partial charge in [-0.2, -0.15) is 5.10 Å². The molecule has 30 heavy (non-hydrogen) atoms. The Morgan fingerprint density at radius 2 is 1.90 bits per heavy atom. The van der Waals surface area contributed by atoms with E-state index in [1.165, 1.54) is 6.07 Å². The van der Waals surface area contributed by atoms with E-state index in [1.807, 2.05) is 31.2 Å². The molecule has 0 spiro atoms. The van der Waals surface area contributed by atoms with Crippen molar-refractivity contribution in [3.05, 3.63) is 70.2 Å². The number of carbonyl (C=O) groups excluding carboxylic acids is 1. The highest BCUT2D eigenvalue weighted by atomic mass is 19.1. The number of nitrogens with zero attached hydrogens (tertiary/aromatic N) is 2. The van der Waals surface area contributed by atoms with Gasteiger partial charge >= 0.3 is 0 Å². The van der Waals surface area contributed by atoms with Crippen LogP contribution in [0.25, 0.3) is 0 Å². The van der Waals surface area contributed by atoms with Crippen LogP contribution in [0.5, 0.6) is 11.5 Å². The summed E-state index contributed by atoms with van der Waals surface area (Å²) < 4.78 is 26.3. The Balaban J connectivity index is 1.73. The molecule has 1 amide bonds. The second-order valence-electron chi connectivity index (χ2n) is 7.51. The Hall–Kier alpha value is -3.35. The summed E-state index contributed by atoms with van der Waals surface area (Å²) in [6, 6.07) is 10.7. The van der Waals surface area contributed by atoms with Gasteiger partial charge in [-0.25, -0.2) is 9.07 Å². The van der Waals surface area contributed by atoms with Crippen LogP contribution in [0.15, 0.2) is 36.4 Å². The highest BCUT2D eigenvalue weighted by molar-refractivity contribution is 5.94. The van der Waals surface area contributed by atoms with Crippen molar-refractivity contribution < 1.29 is 18.7 Å². The number of methoxy groups -OCH3 is 2. The second-order valence-corrected chi connectivity index (χ2v) is 7.51. The van der Waals surface area contributed by atoms with Gasteiger partial charge in [0.2, 0.25) is 5.91 Å². The molecule has 0 radical (unpaired) electrons. The van der Waals surface area contributed by atoms with Crippen LogP contribution in [0.2, 0.25) is 0 Å². The number of anilines is 1. The van der Waals surface area contributed by atoms with Crippen LogP contribution in [0.4, 0.5) is 10.2 Å². The van der Waals surface area contributed by atoms with Crippen molar-refractivity contribution in [1.29, 1.82) is 0 Å². The lowest BCUT2D eigenvalue weighted by Crippen LogP contribution is -2.25. The van der Waals surface area contributed by atoms with Crippen molar-refractivity contribution in [2.45, 2.75) is 32.7 Å². The minimum atomic E-state index is -0.250. The minimum Gasteiger partial charge on any atom is -0.493 e.